The van der Waals surface area contributed by atoms with E-state index in [0.717, 1.165) is 12.0 Å². The fourth-order valence-electron chi connectivity index (χ4n) is 1.60. The first kappa shape index (κ1) is 14.5. The molecule has 0 aliphatic heterocycles. The standard InChI is InChI=1S/C14H20ClFO/c1-14(2,3)17-8-7-12(10-15)11-5-4-6-13(16)9-11/h4-6,9,12H,7-8,10H2,1-3H3. The summed E-state index contributed by atoms with van der Waals surface area (Å²) in [6.07, 6.45) is 0.810. The molecule has 1 atom stereocenters. The third-order valence-corrected chi connectivity index (χ3v) is 2.88. The van der Waals surface area contributed by atoms with E-state index in [1.807, 2.05) is 26.8 Å². The van der Waals surface area contributed by atoms with Gasteiger partial charge in [0.25, 0.3) is 0 Å². The molecule has 0 radical (unpaired) electrons. The molecule has 3 heteroatoms. The molecule has 17 heavy (non-hydrogen) atoms. The van der Waals surface area contributed by atoms with Gasteiger partial charge in [0.05, 0.1) is 5.60 Å². The van der Waals surface area contributed by atoms with Gasteiger partial charge in [0.2, 0.25) is 0 Å². The van der Waals surface area contributed by atoms with E-state index in [-0.39, 0.29) is 17.3 Å². The van der Waals surface area contributed by atoms with Gasteiger partial charge in [0, 0.05) is 12.5 Å². The van der Waals surface area contributed by atoms with Gasteiger partial charge in [-0.1, -0.05) is 12.1 Å². The molecule has 0 bridgehead atoms. The highest BCUT2D eigenvalue weighted by Gasteiger charge is 2.14. The summed E-state index contributed by atoms with van der Waals surface area (Å²) in [6.45, 7) is 6.69. The van der Waals surface area contributed by atoms with Crippen LogP contribution in [0.4, 0.5) is 4.39 Å². The summed E-state index contributed by atoms with van der Waals surface area (Å²) in [5, 5.41) is 0. The molecule has 0 aromatic heterocycles. The second-order valence-corrected chi connectivity index (χ2v) is 5.46. The Kier molecular flexibility index (Phi) is 5.41. The van der Waals surface area contributed by atoms with Gasteiger partial charge in [-0.3, -0.25) is 0 Å². The molecule has 1 nitrogen and oxygen atoms in total. The van der Waals surface area contributed by atoms with E-state index in [2.05, 4.69) is 0 Å². The molecule has 1 aromatic carbocycles. The quantitative estimate of drug-likeness (QED) is 0.714. The zero-order valence-electron chi connectivity index (χ0n) is 10.7. The van der Waals surface area contributed by atoms with Crippen molar-refractivity contribution in [3.63, 3.8) is 0 Å². The highest BCUT2D eigenvalue weighted by Crippen LogP contribution is 2.23. The highest BCUT2D eigenvalue weighted by atomic mass is 35.5. The van der Waals surface area contributed by atoms with Crippen molar-refractivity contribution in [2.75, 3.05) is 12.5 Å². The monoisotopic (exact) mass is 258 g/mol. The lowest BCUT2D eigenvalue weighted by Gasteiger charge is -2.22. The van der Waals surface area contributed by atoms with Crippen LogP contribution in [-0.2, 0) is 4.74 Å². The Bertz CT molecular complexity index is 346. The molecule has 1 unspecified atom stereocenters. The summed E-state index contributed by atoms with van der Waals surface area (Å²) in [5.74, 6) is 0.417. The van der Waals surface area contributed by atoms with Crippen molar-refractivity contribution in [2.24, 2.45) is 0 Å². The van der Waals surface area contributed by atoms with E-state index < -0.39 is 0 Å². The van der Waals surface area contributed by atoms with E-state index in [1.165, 1.54) is 6.07 Å². The van der Waals surface area contributed by atoms with Crippen molar-refractivity contribution >= 4 is 11.6 Å². The van der Waals surface area contributed by atoms with E-state index in [9.17, 15) is 4.39 Å². The predicted octanol–water partition coefficient (Wildman–Crippen LogP) is 4.35. The van der Waals surface area contributed by atoms with Crippen LogP contribution in [0.2, 0.25) is 0 Å². The maximum atomic E-state index is 13.1. The average Bonchev–Trinajstić information content (AvgIpc) is 2.23. The molecule has 0 saturated carbocycles. The Morgan fingerprint density at radius 1 is 1.35 bits per heavy atom. The maximum absolute atomic E-state index is 13.1. The second kappa shape index (κ2) is 6.36. The topological polar surface area (TPSA) is 9.23 Å². The Morgan fingerprint density at radius 3 is 2.59 bits per heavy atom. The van der Waals surface area contributed by atoms with E-state index in [0.29, 0.717) is 12.5 Å². The maximum Gasteiger partial charge on any atom is 0.123 e. The van der Waals surface area contributed by atoms with Gasteiger partial charge >= 0.3 is 0 Å². The summed E-state index contributed by atoms with van der Waals surface area (Å²) < 4.78 is 18.8. The van der Waals surface area contributed by atoms with Gasteiger partial charge in [-0.15, -0.1) is 11.6 Å². The Morgan fingerprint density at radius 2 is 2.06 bits per heavy atom. The van der Waals surface area contributed by atoms with Gasteiger partial charge in [0.1, 0.15) is 5.82 Å². The fraction of sp³-hybridized carbons (Fsp3) is 0.571. The molecule has 0 fully saturated rings. The van der Waals surface area contributed by atoms with E-state index in [4.69, 9.17) is 16.3 Å². The minimum atomic E-state index is -0.214. The minimum Gasteiger partial charge on any atom is -0.376 e. The van der Waals surface area contributed by atoms with Gasteiger partial charge in [-0.2, -0.15) is 0 Å². The van der Waals surface area contributed by atoms with Crippen LogP contribution in [0.25, 0.3) is 0 Å². The molecular weight excluding hydrogens is 239 g/mol. The lowest BCUT2D eigenvalue weighted by molar-refractivity contribution is -0.00566. The third kappa shape index (κ3) is 5.51. The minimum absolute atomic E-state index is 0.140. The van der Waals surface area contributed by atoms with Crippen LogP contribution in [0.3, 0.4) is 0 Å². The summed E-state index contributed by atoms with van der Waals surface area (Å²) in [5.41, 5.74) is 0.802. The van der Waals surface area contributed by atoms with Crippen LogP contribution in [-0.4, -0.2) is 18.1 Å². The van der Waals surface area contributed by atoms with Crippen LogP contribution in [0.1, 0.15) is 38.7 Å². The normalized spacial score (nSPS) is 13.7. The number of halogens is 2. The van der Waals surface area contributed by atoms with E-state index in [1.54, 1.807) is 12.1 Å². The summed E-state index contributed by atoms with van der Waals surface area (Å²) >= 11 is 5.93. The highest BCUT2D eigenvalue weighted by molar-refractivity contribution is 6.18. The van der Waals surface area contributed by atoms with Gasteiger partial charge in [-0.05, 0) is 50.8 Å². The molecule has 1 aromatic rings. The lowest BCUT2D eigenvalue weighted by atomic mass is 9.98. The SMILES string of the molecule is CC(C)(C)OCCC(CCl)c1cccc(F)c1. The largest absolute Gasteiger partial charge is 0.376 e. The van der Waals surface area contributed by atoms with Crippen molar-refractivity contribution in [3.05, 3.63) is 35.6 Å². The van der Waals surface area contributed by atoms with Gasteiger partial charge in [-0.25, -0.2) is 4.39 Å². The molecular formula is C14H20ClFO. The van der Waals surface area contributed by atoms with Crippen LogP contribution < -0.4 is 0 Å². The zero-order valence-corrected chi connectivity index (χ0v) is 11.4. The first-order valence-corrected chi connectivity index (χ1v) is 6.41. The fourth-order valence-corrected chi connectivity index (χ4v) is 1.93. The summed E-state index contributed by atoms with van der Waals surface area (Å²) in [7, 11) is 0. The molecule has 0 N–H and O–H groups in total. The van der Waals surface area contributed by atoms with Crippen molar-refractivity contribution in [2.45, 2.75) is 38.7 Å². The van der Waals surface area contributed by atoms with Crippen molar-refractivity contribution in [3.8, 4) is 0 Å². The number of ether oxygens (including phenoxy) is 1. The smallest absolute Gasteiger partial charge is 0.123 e. The molecule has 0 aliphatic carbocycles. The van der Waals surface area contributed by atoms with E-state index >= 15 is 0 Å². The number of rotatable bonds is 5. The molecule has 0 heterocycles. The average molecular weight is 259 g/mol. The molecule has 0 spiro atoms. The Balaban J connectivity index is 2.54. The number of hydrogen-bond acceptors (Lipinski definition) is 1. The first-order valence-electron chi connectivity index (χ1n) is 5.88. The first-order chi connectivity index (χ1) is 7.92. The Labute approximate surface area is 108 Å². The number of hydrogen-bond donors (Lipinski definition) is 0. The van der Waals surface area contributed by atoms with Crippen LogP contribution in [0.15, 0.2) is 24.3 Å². The van der Waals surface area contributed by atoms with Crippen LogP contribution in [0, 0.1) is 5.82 Å². The Hall–Kier alpha value is -0.600. The van der Waals surface area contributed by atoms with Crippen LogP contribution in [0.5, 0.6) is 0 Å². The number of benzene rings is 1. The molecule has 96 valence electrons. The summed E-state index contributed by atoms with van der Waals surface area (Å²) in [4.78, 5) is 0. The van der Waals surface area contributed by atoms with Gasteiger partial charge in [0.15, 0.2) is 0 Å². The lowest BCUT2D eigenvalue weighted by Crippen LogP contribution is -2.21. The van der Waals surface area contributed by atoms with Crippen molar-refractivity contribution < 1.29 is 9.13 Å². The molecule has 1 rings (SSSR count). The molecule has 0 saturated heterocycles. The molecule has 0 aliphatic rings. The van der Waals surface area contributed by atoms with Crippen LogP contribution >= 0.6 is 11.6 Å². The number of alkyl halides is 1. The third-order valence-electron chi connectivity index (χ3n) is 2.51. The zero-order chi connectivity index (χ0) is 12.9. The van der Waals surface area contributed by atoms with Crippen molar-refractivity contribution in [1.29, 1.82) is 0 Å². The van der Waals surface area contributed by atoms with Gasteiger partial charge < -0.3 is 4.74 Å². The van der Waals surface area contributed by atoms with Crippen molar-refractivity contribution in [1.82, 2.24) is 0 Å². The summed E-state index contributed by atoms with van der Waals surface area (Å²) in [6, 6.07) is 6.62. The second-order valence-electron chi connectivity index (χ2n) is 5.16. The molecule has 0 amide bonds. The predicted molar refractivity (Wildman–Crippen MR) is 70.2 cm³/mol.